The molecule has 0 saturated heterocycles. The number of carbonyl (C=O) groups excluding carboxylic acids is 2. The molecule has 27 heavy (non-hydrogen) atoms. The van der Waals surface area contributed by atoms with Crippen molar-refractivity contribution in [3.63, 3.8) is 0 Å². The lowest BCUT2D eigenvalue weighted by Gasteiger charge is -2.07. The molecule has 0 spiro atoms. The van der Waals surface area contributed by atoms with E-state index in [2.05, 4.69) is 36.4 Å². The van der Waals surface area contributed by atoms with Crippen molar-refractivity contribution in [3.05, 3.63) is 77.9 Å². The van der Waals surface area contributed by atoms with E-state index in [4.69, 9.17) is 4.74 Å². The van der Waals surface area contributed by atoms with Crippen LogP contribution in [0.15, 0.2) is 66.7 Å². The number of ketones is 2. The molecule has 2 aromatic carbocycles. The molecule has 0 aromatic heterocycles. The van der Waals surface area contributed by atoms with E-state index >= 15 is 0 Å². The van der Waals surface area contributed by atoms with E-state index in [0.29, 0.717) is 13.0 Å². The van der Waals surface area contributed by atoms with Gasteiger partial charge in [-0.2, -0.15) is 0 Å². The molecule has 0 aliphatic heterocycles. The summed E-state index contributed by atoms with van der Waals surface area (Å²) in [6, 6.07) is 18.3. The van der Waals surface area contributed by atoms with Crippen molar-refractivity contribution in [2.45, 2.75) is 46.1 Å². The summed E-state index contributed by atoms with van der Waals surface area (Å²) in [5.74, 6) is 0.353. The first kappa shape index (κ1) is 20.6. The number of rotatable bonds is 11. The molecule has 0 fully saturated rings. The predicted molar refractivity (Wildman–Crippen MR) is 109 cm³/mol. The third-order valence-electron chi connectivity index (χ3n) is 4.54. The summed E-state index contributed by atoms with van der Waals surface area (Å²) in [6.07, 6.45) is 7.45. The number of ether oxygens (including phenoxy) is 1. The fourth-order valence-electron chi connectivity index (χ4n) is 2.93. The van der Waals surface area contributed by atoms with Gasteiger partial charge in [-0.25, -0.2) is 0 Å². The van der Waals surface area contributed by atoms with E-state index in [1.54, 1.807) is 0 Å². The van der Waals surface area contributed by atoms with E-state index in [0.717, 1.165) is 30.6 Å². The highest BCUT2D eigenvalue weighted by Gasteiger charge is 2.17. The van der Waals surface area contributed by atoms with Crippen LogP contribution in [0.1, 0.15) is 44.2 Å². The Balaban J connectivity index is 1.69. The van der Waals surface area contributed by atoms with Crippen molar-refractivity contribution < 1.29 is 14.3 Å². The molecule has 2 rings (SSSR count). The second-order valence-corrected chi connectivity index (χ2v) is 6.78. The number of allylic oxidation sites excluding steroid dienone is 2. The zero-order chi connectivity index (χ0) is 19.5. The molecule has 0 N–H and O–H groups in total. The molecule has 3 nitrogen and oxygen atoms in total. The average Bonchev–Trinajstić information content (AvgIpc) is 2.67. The number of benzene rings is 2. The van der Waals surface area contributed by atoms with Gasteiger partial charge >= 0.3 is 0 Å². The standard InChI is InChI=1S/C24H28O3/c1-19(25)24(20(2)26)13-9-4-3-6-10-21-14-16-23(17-15-21)27-18-22-11-7-5-8-12-22/h3-5,7-8,11-12,14-17,24H,6,9-10,13,18H2,1-2H3. The number of hydrogen-bond acceptors (Lipinski definition) is 3. The summed E-state index contributed by atoms with van der Waals surface area (Å²) in [7, 11) is 0. The molecular weight excluding hydrogens is 336 g/mol. The van der Waals surface area contributed by atoms with Crippen LogP contribution < -0.4 is 4.74 Å². The Morgan fingerprint density at radius 1 is 0.852 bits per heavy atom. The molecule has 0 aliphatic rings. The Morgan fingerprint density at radius 2 is 1.48 bits per heavy atom. The fourth-order valence-corrected chi connectivity index (χ4v) is 2.93. The van der Waals surface area contributed by atoms with E-state index in [1.165, 1.54) is 19.4 Å². The number of aryl methyl sites for hydroxylation is 1. The highest BCUT2D eigenvalue weighted by Crippen LogP contribution is 2.16. The van der Waals surface area contributed by atoms with Gasteiger partial charge in [-0.1, -0.05) is 54.6 Å². The molecule has 142 valence electrons. The maximum atomic E-state index is 11.4. The van der Waals surface area contributed by atoms with Crippen molar-refractivity contribution in [2.75, 3.05) is 0 Å². The average molecular weight is 364 g/mol. The second kappa shape index (κ2) is 11.1. The highest BCUT2D eigenvalue weighted by atomic mass is 16.5. The Morgan fingerprint density at radius 3 is 2.11 bits per heavy atom. The first-order chi connectivity index (χ1) is 13.1. The van der Waals surface area contributed by atoms with Crippen molar-refractivity contribution in [3.8, 4) is 5.75 Å². The predicted octanol–water partition coefficient (Wildman–Crippen LogP) is 5.33. The van der Waals surface area contributed by atoms with Crippen LogP contribution in [-0.4, -0.2) is 11.6 Å². The van der Waals surface area contributed by atoms with Gasteiger partial charge in [0.15, 0.2) is 0 Å². The van der Waals surface area contributed by atoms with Crippen molar-refractivity contribution >= 4 is 11.6 Å². The lowest BCUT2D eigenvalue weighted by molar-refractivity contribution is -0.130. The minimum Gasteiger partial charge on any atom is -0.489 e. The van der Waals surface area contributed by atoms with Gasteiger partial charge in [-0.15, -0.1) is 0 Å². The first-order valence-corrected chi connectivity index (χ1v) is 9.48. The van der Waals surface area contributed by atoms with E-state index in [1.807, 2.05) is 30.3 Å². The van der Waals surface area contributed by atoms with Crippen LogP contribution in [0.5, 0.6) is 5.75 Å². The van der Waals surface area contributed by atoms with Crippen LogP contribution in [0.25, 0.3) is 0 Å². The number of Topliss-reactive ketones (excluding diaryl/α,β-unsaturated/α-hetero) is 2. The molecule has 0 heterocycles. The zero-order valence-corrected chi connectivity index (χ0v) is 16.2. The molecule has 0 aliphatic carbocycles. The van der Waals surface area contributed by atoms with Crippen LogP contribution in [0.2, 0.25) is 0 Å². The first-order valence-electron chi connectivity index (χ1n) is 9.48. The summed E-state index contributed by atoms with van der Waals surface area (Å²) in [6.45, 7) is 3.55. The molecule has 0 unspecified atom stereocenters. The summed E-state index contributed by atoms with van der Waals surface area (Å²) >= 11 is 0. The lowest BCUT2D eigenvalue weighted by Crippen LogP contribution is -2.18. The van der Waals surface area contributed by atoms with Gasteiger partial charge in [0.2, 0.25) is 0 Å². The highest BCUT2D eigenvalue weighted by molar-refractivity contribution is 6.00. The van der Waals surface area contributed by atoms with E-state index < -0.39 is 5.92 Å². The normalized spacial score (nSPS) is 11.1. The Bertz CT molecular complexity index is 731. The van der Waals surface area contributed by atoms with Gasteiger partial charge in [-0.05, 0) is 62.8 Å². The minimum absolute atomic E-state index is 0.0366. The lowest BCUT2D eigenvalue weighted by atomic mass is 9.95. The summed E-state index contributed by atoms with van der Waals surface area (Å²) in [5.41, 5.74) is 2.42. The molecule has 0 radical (unpaired) electrons. The SMILES string of the molecule is CC(=O)C(CCC=CCCc1ccc(OCc2ccccc2)cc1)C(C)=O. The van der Waals surface area contributed by atoms with Crippen molar-refractivity contribution in [2.24, 2.45) is 5.92 Å². The van der Waals surface area contributed by atoms with Crippen LogP contribution in [0.3, 0.4) is 0 Å². The second-order valence-electron chi connectivity index (χ2n) is 6.78. The number of hydrogen-bond donors (Lipinski definition) is 0. The summed E-state index contributed by atoms with van der Waals surface area (Å²) < 4.78 is 5.80. The third-order valence-corrected chi connectivity index (χ3v) is 4.54. The smallest absolute Gasteiger partial charge is 0.140 e. The van der Waals surface area contributed by atoms with Gasteiger partial charge in [0.1, 0.15) is 23.9 Å². The van der Waals surface area contributed by atoms with Crippen LogP contribution in [0.4, 0.5) is 0 Å². The molecule has 3 heteroatoms. The zero-order valence-electron chi connectivity index (χ0n) is 16.2. The molecule has 0 amide bonds. The summed E-state index contributed by atoms with van der Waals surface area (Å²) in [4.78, 5) is 22.8. The topological polar surface area (TPSA) is 43.4 Å². The maximum Gasteiger partial charge on any atom is 0.140 e. The largest absolute Gasteiger partial charge is 0.489 e. The minimum atomic E-state index is -0.446. The van der Waals surface area contributed by atoms with Crippen LogP contribution in [0, 0.1) is 5.92 Å². The van der Waals surface area contributed by atoms with Crippen LogP contribution in [-0.2, 0) is 22.6 Å². The Kier molecular flexibility index (Phi) is 8.50. The van der Waals surface area contributed by atoms with E-state index in [-0.39, 0.29) is 11.6 Å². The molecular formula is C24H28O3. The molecule has 0 bridgehead atoms. The third kappa shape index (κ3) is 7.61. The van der Waals surface area contributed by atoms with E-state index in [9.17, 15) is 9.59 Å². The van der Waals surface area contributed by atoms with Gasteiger partial charge in [0.05, 0.1) is 5.92 Å². The van der Waals surface area contributed by atoms with Gasteiger partial charge in [0.25, 0.3) is 0 Å². The Hall–Kier alpha value is -2.68. The summed E-state index contributed by atoms with van der Waals surface area (Å²) in [5, 5.41) is 0. The monoisotopic (exact) mass is 364 g/mol. The van der Waals surface area contributed by atoms with Gasteiger partial charge in [0, 0.05) is 0 Å². The van der Waals surface area contributed by atoms with Crippen molar-refractivity contribution in [1.82, 2.24) is 0 Å². The van der Waals surface area contributed by atoms with Gasteiger partial charge in [-0.3, -0.25) is 9.59 Å². The molecule has 0 atom stereocenters. The fraction of sp³-hybridized carbons (Fsp3) is 0.333. The molecule has 2 aromatic rings. The van der Waals surface area contributed by atoms with Gasteiger partial charge < -0.3 is 4.74 Å². The Labute approximate surface area is 162 Å². The quantitative estimate of drug-likeness (QED) is 0.400. The maximum absolute atomic E-state index is 11.4. The van der Waals surface area contributed by atoms with Crippen molar-refractivity contribution in [1.29, 1.82) is 0 Å². The number of carbonyl (C=O) groups is 2. The molecule has 0 saturated carbocycles. The van der Waals surface area contributed by atoms with Crippen LogP contribution >= 0.6 is 0 Å².